The lowest BCUT2D eigenvalue weighted by Crippen LogP contribution is -2.42. The van der Waals surface area contributed by atoms with Gasteiger partial charge in [0, 0.05) is 5.54 Å². The molecule has 0 spiro atoms. The smallest absolute Gasteiger partial charge is 0.240 e. The third kappa shape index (κ3) is 3.73. The minimum atomic E-state index is -0.372. The first-order chi connectivity index (χ1) is 9.67. The van der Waals surface area contributed by atoms with Crippen LogP contribution < -0.4 is 5.32 Å². The van der Waals surface area contributed by atoms with E-state index in [0.29, 0.717) is 16.9 Å². The average Bonchev–Trinajstić information content (AvgIpc) is 2.65. The highest BCUT2D eigenvalue weighted by molar-refractivity contribution is 6.20. The van der Waals surface area contributed by atoms with Crippen molar-refractivity contribution in [2.45, 2.75) is 45.2 Å². The molecule has 1 amide bonds. The molecule has 6 heteroatoms. The Hall–Kier alpha value is -1.62. The molecule has 1 heterocycles. The highest BCUT2D eigenvalue weighted by atomic mass is 35.5. The van der Waals surface area contributed by atoms with Gasteiger partial charge in [-0.15, -0.1) is 11.6 Å². The topological polar surface area (TPSA) is 46.9 Å². The molecular weight excluding hydrogens is 293 g/mol. The van der Waals surface area contributed by atoms with Crippen molar-refractivity contribution in [3.8, 4) is 0 Å². The van der Waals surface area contributed by atoms with Crippen LogP contribution in [-0.2, 0) is 11.3 Å². The van der Waals surface area contributed by atoms with Gasteiger partial charge >= 0.3 is 0 Å². The van der Waals surface area contributed by atoms with Crippen molar-refractivity contribution in [3.63, 3.8) is 0 Å². The molecule has 2 aromatic rings. The molecule has 1 N–H and O–H groups in total. The summed E-state index contributed by atoms with van der Waals surface area (Å²) in [6.45, 7) is 7.55. The predicted octanol–water partition coefficient (Wildman–Crippen LogP) is 3.39. The van der Waals surface area contributed by atoms with Gasteiger partial charge in [-0.05, 0) is 45.9 Å². The first-order valence-corrected chi connectivity index (χ1v) is 7.22. The number of carbonyl (C=O) groups excluding carboxylic acids is 1. The number of fused-ring (bicyclic) bond motifs is 1. The van der Waals surface area contributed by atoms with Crippen LogP contribution >= 0.6 is 11.6 Å². The number of benzene rings is 1. The molecule has 1 aromatic heterocycles. The summed E-state index contributed by atoms with van der Waals surface area (Å²) in [6.07, 6.45) is 0. The Morgan fingerprint density at radius 1 is 1.48 bits per heavy atom. The molecule has 0 aliphatic heterocycles. The second kappa shape index (κ2) is 5.64. The quantitative estimate of drug-likeness (QED) is 0.883. The molecule has 0 saturated carbocycles. The van der Waals surface area contributed by atoms with Crippen LogP contribution in [-0.4, -0.2) is 21.0 Å². The lowest BCUT2D eigenvalue weighted by molar-refractivity contribution is -0.123. The summed E-state index contributed by atoms with van der Waals surface area (Å²) in [5, 5.41) is 2.51. The van der Waals surface area contributed by atoms with Gasteiger partial charge in [-0.25, -0.2) is 9.37 Å². The molecule has 1 aromatic carbocycles. The van der Waals surface area contributed by atoms with E-state index in [4.69, 9.17) is 11.6 Å². The van der Waals surface area contributed by atoms with Crippen LogP contribution in [0.1, 0.15) is 38.9 Å². The second-order valence-corrected chi connectivity index (χ2v) is 6.76. The van der Waals surface area contributed by atoms with Crippen molar-refractivity contribution >= 4 is 28.5 Å². The average molecular weight is 312 g/mol. The van der Waals surface area contributed by atoms with E-state index in [-0.39, 0.29) is 29.2 Å². The van der Waals surface area contributed by atoms with Crippen molar-refractivity contribution in [2.24, 2.45) is 0 Å². The lowest BCUT2D eigenvalue weighted by atomic mass is 10.1. The number of nitrogens with zero attached hydrogens (tertiary/aromatic N) is 2. The highest BCUT2D eigenvalue weighted by Gasteiger charge is 2.20. The molecule has 1 atom stereocenters. The maximum Gasteiger partial charge on any atom is 0.240 e. The minimum Gasteiger partial charge on any atom is -0.350 e. The second-order valence-electron chi connectivity index (χ2n) is 6.10. The monoisotopic (exact) mass is 311 g/mol. The maximum atomic E-state index is 13.5. The summed E-state index contributed by atoms with van der Waals surface area (Å²) in [4.78, 5) is 16.5. The highest BCUT2D eigenvalue weighted by Crippen LogP contribution is 2.25. The first kappa shape index (κ1) is 15.8. The number of carbonyl (C=O) groups is 1. The van der Waals surface area contributed by atoms with Gasteiger partial charge in [-0.2, -0.15) is 0 Å². The van der Waals surface area contributed by atoms with Crippen LogP contribution in [0.2, 0.25) is 0 Å². The van der Waals surface area contributed by atoms with E-state index in [1.165, 1.54) is 12.1 Å². The van der Waals surface area contributed by atoms with Crippen LogP contribution in [0.25, 0.3) is 11.0 Å². The van der Waals surface area contributed by atoms with E-state index in [1.807, 2.05) is 20.8 Å². The largest absolute Gasteiger partial charge is 0.350 e. The number of amides is 1. The standard InChI is InChI=1S/C15H19ClFN3O/c1-9(16)14-18-11-6-5-10(17)7-12(11)20(14)8-13(21)19-15(2,3)4/h5-7,9H,8H2,1-4H3,(H,19,21). The van der Waals surface area contributed by atoms with E-state index < -0.39 is 0 Å². The van der Waals surface area contributed by atoms with Gasteiger partial charge in [0.15, 0.2) is 0 Å². The van der Waals surface area contributed by atoms with E-state index >= 15 is 0 Å². The normalized spacial score (nSPS) is 13.4. The number of nitrogens with one attached hydrogen (secondary N) is 1. The molecule has 0 saturated heterocycles. The zero-order valence-corrected chi connectivity index (χ0v) is 13.3. The Bertz CT molecular complexity index is 673. The summed E-state index contributed by atoms with van der Waals surface area (Å²) in [5.41, 5.74) is 0.870. The Morgan fingerprint density at radius 3 is 2.71 bits per heavy atom. The summed E-state index contributed by atoms with van der Waals surface area (Å²) in [7, 11) is 0. The zero-order chi connectivity index (χ0) is 15.8. The SMILES string of the molecule is CC(Cl)c1nc2ccc(F)cc2n1CC(=O)NC(C)(C)C. The fraction of sp³-hybridized carbons (Fsp3) is 0.467. The zero-order valence-electron chi connectivity index (χ0n) is 12.6. The number of rotatable bonds is 3. The fourth-order valence-electron chi connectivity index (χ4n) is 2.19. The summed E-state index contributed by atoms with van der Waals surface area (Å²) in [5.74, 6) is 0.0274. The number of alkyl halides is 1. The van der Waals surface area contributed by atoms with Crippen LogP contribution in [0.15, 0.2) is 18.2 Å². The summed E-state index contributed by atoms with van der Waals surface area (Å²) < 4.78 is 15.1. The molecule has 0 aliphatic rings. The number of hydrogen-bond donors (Lipinski definition) is 1. The maximum absolute atomic E-state index is 13.5. The van der Waals surface area contributed by atoms with Gasteiger partial charge in [0.1, 0.15) is 18.2 Å². The molecule has 0 aliphatic carbocycles. The molecule has 2 rings (SSSR count). The van der Waals surface area contributed by atoms with Gasteiger partial charge < -0.3 is 9.88 Å². The van der Waals surface area contributed by atoms with Gasteiger partial charge in [-0.1, -0.05) is 0 Å². The predicted molar refractivity (Wildman–Crippen MR) is 81.9 cm³/mol. The number of hydrogen-bond acceptors (Lipinski definition) is 2. The summed E-state index contributed by atoms with van der Waals surface area (Å²) >= 11 is 6.13. The van der Waals surface area contributed by atoms with Gasteiger partial charge in [-0.3, -0.25) is 4.79 Å². The minimum absolute atomic E-state index is 0.0591. The van der Waals surface area contributed by atoms with E-state index in [2.05, 4.69) is 10.3 Å². The number of halogens is 2. The molecule has 0 radical (unpaired) electrons. The molecular formula is C15H19ClFN3O. The van der Waals surface area contributed by atoms with Crippen molar-refractivity contribution in [3.05, 3.63) is 29.8 Å². The van der Waals surface area contributed by atoms with Crippen molar-refractivity contribution in [2.75, 3.05) is 0 Å². The van der Waals surface area contributed by atoms with Crippen LogP contribution in [0.4, 0.5) is 4.39 Å². The Balaban J connectivity index is 2.43. The summed E-state index contributed by atoms with van der Waals surface area (Å²) in [6, 6.07) is 4.30. The van der Waals surface area contributed by atoms with E-state index in [1.54, 1.807) is 17.6 Å². The number of aromatic nitrogens is 2. The van der Waals surface area contributed by atoms with Crippen LogP contribution in [0.5, 0.6) is 0 Å². The molecule has 0 bridgehead atoms. The van der Waals surface area contributed by atoms with E-state index in [0.717, 1.165) is 0 Å². The van der Waals surface area contributed by atoms with Crippen LogP contribution in [0.3, 0.4) is 0 Å². The third-order valence-electron chi connectivity index (χ3n) is 2.91. The Morgan fingerprint density at radius 2 is 2.14 bits per heavy atom. The molecule has 21 heavy (non-hydrogen) atoms. The van der Waals surface area contributed by atoms with Crippen LogP contribution in [0, 0.1) is 5.82 Å². The van der Waals surface area contributed by atoms with Crippen molar-refractivity contribution in [1.29, 1.82) is 0 Å². The van der Waals surface area contributed by atoms with E-state index in [9.17, 15) is 9.18 Å². The van der Waals surface area contributed by atoms with Crippen molar-refractivity contribution in [1.82, 2.24) is 14.9 Å². The van der Waals surface area contributed by atoms with Gasteiger partial charge in [0.2, 0.25) is 5.91 Å². The van der Waals surface area contributed by atoms with Gasteiger partial charge in [0.05, 0.1) is 16.4 Å². The molecule has 114 valence electrons. The van der Waals surface area contributed by atoms with Crippen molar-refractivity contribution < 1.29 is 9.18 Å². The lowest BCUT2D eigenvalue weighted by Gasteiger charge is -2.21. The molecule has 0 fully saturated rings. The molecule has 4 nitrogen and oxygen atoms in total. The Kier molecular flexibility index (Phi) is 4.23. The molecule has 1 unspecified atom stereocenters. The van der Waals surface area contributed by atoms with Gasteiger partial charge in [0.25, 0.3) is 0 Å². The third-order valence-corrected chi connectivity index (χ3v) is 3.11. The fourth-order valence-corrected chi connectivity index (χ4v) is 2.35. The number of imidazole rings is 1. The Labute approximate surface area is 128 Å². The first-order valence-electron chi connectivity index (χ1n) is 6.78.